The van der Waals surface area contributed by atoms with Gasteiger partial charge in [0.05, 0.1) is 6.61 Å². The van der Waals surface area contributed by atoms with E-state index in [1.165, 1.54) is 16.7 Å². The summed E-state index contributed by atoms with van der Waals surface area (Å²) >= 11 is 0. The first-order valence-corrected chi connectivity index (χ1v) is 6.17. The standard InChI is InChI=1S/C14H23NO2/c1-12-4-5-13(2)14(10-12)11-15(7-9-17)6-3-8-16/h4-5,10,16-17H,3,6-9,11H2,1-2H3. The lowest BCUT2D eigenvalue weighted by Gasteiger charge is -2.22. The van der Waals surface area contributed by atoms with Gasteiger partial charge >= 0.3 is 0 Å². The molecule has 1 aromatic rings. The van der Waals surface area contributed by atoms with E-state index >= 15 is 0 Å². The third-order valence-electron chi connectivity index (χ3n) is 2.95. The van der Waals surface area contributed by atoms with Crippen molar-refractivity contribution in [1.29, 1.82) is 0 Å². The molecule has 1 rings (SSSR count). The Morgan fingerprint density at radius 1 is 1.06 bits per heavy atom. The summed E-state index contributed by atoms with van der Waals surface area (Å²) in [6.45, 7) is 6.89. The lowest BCUT2D eigenvalue weighted by atomic mass is 10.1. The van der Waals surface area contributed by atoms with Crippen molar-refractivity contribution in [3.05, 3.63) is 34.9 Å². The van der Waals surface area contributed by atoms with E-state index in [4.69, 9.17) is 10.2 Å². The largest absolute Gasteiger partial charge is 0.396 e. The van der Waals surface area contributed by atoms with Crippen molar-refractivity contribution < 1.29 is 10.2 Å². The van der Waals surface area contributed by atoms with Gasteiger partial charge in [-0.3, -0.25) is 4.90 Å². The Bertz CT molecular complexity index is 339. The van der Waals surface area contributed by atoms with E-state index in [1.54, 1.807) is 0 Å². The maximum atomic E-state index is 9.03. The molecule has 0 spiro atoms. The molecule has 3 nitrogen and oxygen atoms in total. The molecule has 0 aromatic heterocycles. The zero-order valence-electron chi connectivity index (χ0n) is 10.8. The molecule has 0 aliphatic heterocycles. The molecule has 17 heavy (non-hydrogen) atoms. The van der Waals surface area contributed by atoms with Gasteiger partial charge in [0, 0.05) is 26.2 Å². The van der Waals surface area contributed by atoms with E-state index in [0.717, 1.165) is 19.5 Å². The van der Waals surface area contributed by atoms with Crippen LogP contribution in [0.4, 0.5) is 0 Å². The molecule has 0 radical (unpaired) electrons. The van der Waals surface area contributed by atoms with Crippen LogP contribution < -0.4 is 0 Å². The third kappa shape index (κ3) is 4.86. The van der Waals surface area contributed by atoms with Crippen molar-refractivity contribution in [3.63, 3.8) is 0 Å². The minimum absolute atomic E-state index is 0.163. The number of aliphatic hydroxyl groups is 2. The van der Waals surface area contributed by atoms with Gasteiger partial charge in [-0.15, -0.1) is 0 Å². The quantitative estimate of drug-likeness (QED) is 0.755. The van der Waals surface area contributed by atoms with Crippen molar-refractivity contribution in [2.45, 2.75) is 26.8 Å². The highest BCUT2D eigenvalue weighted by Gasteiger charge is 2.07. The number of rotatable bonds is 7. The van der Waals surface area contributed by atoms with Crippen LogP contribution in [0.3, 0.4) is 0 Å². The van der Waals surface area contributed by atoms with Crippen LogP contribution in [0.1, 0.15) is 23.1 Å². The Morgan fingerprint density at radius 2 is 1.82 bits per heavy atom. The number of nitrogens with zero attached hydrogens (tertiary/aromatic N) is 1. The van der Waals surface area contributed by atoms with Crippen LogP contribution in [0.25, 0.3) is 0 Å². The Morgan fingerprint density at radius 3 is 2.47 bits per heavy atom. The molecule has 0 atom stereocenters. The number of hydrogen-bond donors (Lipinski definition) is 2. The summed E-state index contributed by atoms with van der Waals surface area (Å²) in [6.07, 6.45) is 0.755. The highest BCUT2D eigenvalue weighted by atomic mass is 16.3. The Labute approximate surface area is 104 Å². The van der Waals surface area contributed by atoms with Crippen LogP contribution in [0.15, 0.2) is 18.2 Å². The van der Waals surface area contributed by atoms with Gasteiger partial charge in [-0.05, 0) is 31.4 Å². The fourth-order valence-electron chi connectivity index (χ4n) is 1.92. The minimum Gasteiger partial charge on any atom is -0.396 e. The summed E-state index contributed by atoms with van der Waals surface area (Å²) in [4.78, 5) is 2.18. The summed E-state index contributed by atoms with van der Waals surface area (Å²) in [6, 6.07) is 6.44. The average molecular weight is 237 g/mol. The summed E-state index contributed by atoms with van der Waals surface area (Å²) in [7, 11) is 0. The van der Waals surface area contributed by atoms with E-state index in [1.807, 2.05) is 0 Å². The molecule has 0 saturated carbocycles. The number of hydrogen-bond acceptors (Lipinski definition) is 3. The molecule has 0 fully saturated rings. The maximum absolute atomic E-state index is 9.03. The van der Waals surface area contributed by atoms with Crippen LogP contribution >= 0.6 is 0 Å². The summed E-state index contributed by atoms with van der Waals surface area (Å²) in [5.41, 5.74) is 3.84. The lowest BCUT2D eigenvalue weighted by molar-refractivity contribution is 0.174. The third-order valence-corrected chi connectivity index (χ3v) is 2.95. The maximum Gasteiger partial charge on any atom is 0.0558 e. The van der Waals surface area contributed by atoms with Gasteiger partial charge in [-0.1, -0.05) is 23.8 Å². The van der Waals surface area contributed by atoms with Crippen molar-refractivity contribution in [2.24, 2.45) is 0 Å². The number of aryl methyl sites for hydroxylation is 2. The molecule has 0 saturated heterocycles. The predicted molar refractivity (Wildman–Crippen MR) is 70.0 cm³/mol. The van der Waals surface area contributed by atoms with Gasteiger partial charge < -0.3 is 10.2 Å². The summed E-state index contributed by atoms with van der Waals surface area (Å²) in [5.74, 6) is 0. The predicted octanol–water partition coefficient (Wildman–Crippen LogP) is 1.48. The molecule has 1 aromatic carbocycles. The van der Waals surface area contributed by atoms with Crippen LogP contribution in [-0.4, -0.2) is 41.4 Å². The zero-order chi connectivity index (χ0) is 12.7. The topological polar surface area (TPSA) is 43.7 Å². The zero-order valence-corrected chi connectivity index (χ0v) is 10.8. The lowest BCUT2D eigenvalue weighted by Crippen LogP contribution is -2.28. The molecule has 0 amide bonds. The number of aliphatic hydroxyl groups excluding tert-OH is 2. The first kappa shape index (κ1) is 14.2. The second kappa shape index (κ2) is 7.43. The van der Waals surface area contributed by atoms with Crippen LogP contribution in [0.5, 0.6) is 0 Å². The van der Waals surface area contributed by atoms with Crippen molar-refractivity contribution >= 4 is 0 Å². The van der Waals surface area contributed by atoms with Crippen LogP contribution in [0, 0.1) is 13.8 Å². The monoisotopic (exact) mass is 237 g/mol. The van der Waals surface area contributed by atoms with Gasteiger partial charge in [0.2, 0.25) is 0 Å². The van der Waals surface area contributed by atoms with Gasteiger partial charge in [0.15, 0.2) is 0 Å². The highest BCUT2D eigenvalue weighted by Crippen LogP contribution is 2.13. The molecule has 96 valence electrons. The van der Waals surface area contributed by atoms with Gasteiger partial charge in [0.25, 0.3) is 0 Å². The second-order valence-electron chi connectivity index (χ2n) is 4.51. The molecule has 0 aliphatic carbocycles. The Hall–Kier alpha value is -0.900. The first-order chi connectivity index (χ1) is 8.17. The Kier molecular flexibility index (Phi) is 6.19. The van der Waals surface area contributed by atoms with E-state index in [2.05, 4.69) is 36.9 Å². The summed E-state index contributed by atoms with van der Waals surface area (Å²) < 4.78 is 0. The fraction of sp³-hybridized carbons (Fsp3) is 0.571. The highest BCUT2D eigenvalue weighted by molar-refractivity contribution is 5.30. The normalized spacial score (nSPS) is 11.1. The minimum atomic E-state index is 0.163. The molecule has 0 heterocycles. The van der Waals surface area contributed by atoms with E-state index < -0.39 is 0 Å². The van der Waals surface area contributed by atoms with Crippen molar-refractivity contribution in [2.75, 3.05) is 26.3 Å². The second-order valence-corrected chi connectivity index (χ2v) is 4.51. The Balaban J connectivity index is 2.67. The number of benzene rings is 1. The first-order valence-electron chi connectivity index (χ1n) is 6.17. The van der Waals surface area contributed by atoms with E-state index in [-0.39, 0.29) is 13.2 Å². The van der Waals surface area contributed by atoms with Crippen molar-refractivity contribution in [3.8, 4) is 0 Å². The molecule has 3 heteroatoms. The van der Waals surface area contributed by atoms with Crippen LogP contribution in [0.2, 0.25) is 0 Å². The molecule has 0 unspecified atom stereocenters. The van der Waals surface area contributed by atoms with Gasteiger partial charge in [0.1, 0.15) is 0 Å². The van der Waals surface area contributed by atoms with Gasteiger partial charge in [-0.2, -0.15) is 0 Å². The smallest absolute Gasteiger partial charge is 0.0558 e. The molecule has 2 N–H and O–H groups in total. The van der Waals surface area contributed by atoms with Crippen LogP contribution in [-0.2, 0) is 6.54 Å². The van der Waals surface area contributed by atoms with Gasteiger partial charge in [-0.25, -0.2) is 0 Å². The SMILES string of the molecule is Cc1ccc(C)c(CN(CCO)CCCO)c1. The molecular formula is C14H23NO2. The average Bonchev–Trinajstić information content (AvgIpc) is 2.31. The molecule has 0 bridgehead atoms. The summed E-state index contributed by atoms with van der Waals surface area (Å²) in [5, 5.41) is 17.9. The van der Waals surface area contributed by atoms with E-state index in [9.17, 15) is 0 Å². The molecule has 0 aliphatic rings. The molecular weight excluding hydrogens is 214 g/mol. The van der Waals surface area contributed by atoms with E-state index in [0.29, 0.717) is 6.54 Å². The fourth-order valence-corrected chi connectivity index (χ4v) is 1.92. The van der Waals surface area contributed by atoms with Crippen molar-refractivity contribution in [1.82, 2.24) is 4.90 Å².